The Kier molecular flexibility index (Phi) is 3.51. The topological polar surface area (TPSA) is 86.8 Å². The highest BCUT2D eigenvalue weighted by Crippen LogP contribution is 2.37. The third kappa shape index (κ3) is 3.02. The fraction of sp³-hybridized carbons (Fsp3) is 0.588. The van der Waals surface area contributed by atoms with Crippen LogP contribution >= 0.6 is 0 Å². The van der Waals surface area contributed by atoms with Gasteiger partial charge in [0.1, 0.15) is 23.3 Å². The van der Waals surface area contributed by atoms with E-state index in [-0.39, 0.29) is 11.9 Å². The molecular weight excluding hydrogens is 290 g/mol. The summed E-state index contributed by atoms with van der Waals surface area (Å²) in [5.74, 6) is 1.25. The van der Waals surface area contributed by atoms with Crippen LogP contribution in [0.5, 0.6) is 0 Å². The Labute approximate surface area is 140 Å². The van der Waals surface area contributed by atoms with Crippen LogP contribution in [0.25, 0.3) is 11.0 Å². The number of aliphatic hydroxyl groups excluding tert-OH is 1. The molecule has 6 heteroatoms. The Morgan fingerprint density at radius 3 is 2.96 bits per heavy atom. The van der Waals surface area contributed by atoms with Crippen LogP contribution in [-0.4, -0.2) is 26.6 Å². The van der Waals surface area contributed by atoms with Gasteiger partial charge in [0.25, 0.3) is 0 Å². The van der Waals surface area contributed by atoms with Crippen molar-refractivity contribution in [3.05, 3.63) is 18.1 Å². The van der Waals surface area contributed by atoms with Crippen molar-refractivity contribution >= 4 is 16.9 Å². The molecule has 1 atom stereocenters. The van der Waals surface area contributed by atoms with Crippen molar-refractivity contribution < 1.29 is 9.22 Å². The smallest absolute Gasteiger partial charge is 0.138 e. The Morgan fingerprint density at radius 1 is 1.52 bits per heavy atom. The largest absolute Gasteiger partial charge is 0.385 e. The second-order valence-corrected chi connectivity index (χ2v) is 6.24. The maximum atomic E-state index is 10.2. The number of rotatable bonds is 4. The first-order chi connectivity index (χ1) is 12.3. The Balaban J connectivity index is 1.97. The molecule has 6 nitrogen and oxygen atoms in total. The zero-order valence-corrected chi connectivity index (χ0v) is 13.2. The number of nitrogens with zero attached hydrogens (tertiary/aromatic N) is 4. The van der Waals surface area contributed by atoms with E-state index in [0.717, 1.165) is 31.2 Å². The molecule has 2 aromatic rings. The van der Waals surface area contributed by atoms with Gasteiger partial charge in [0.15, 0.2) is 0 Å². The maximum Gasteiger partial charge on any atom is 0.138 e. The highest BCUT2D eigenvalue weighted by molar-refractivity contribution is 5.78. The molecule has 0 aliphatic heterocycles. The summed E-state index contributed by atoms with van der Waals surface area (Å²) >= 11 is 0. The van der Waals surface area contributed by atoms with Gasteiger partial charge in [0, 0.05) is 29.6 Å². The SMILES string of the molecule is [2H]C([2H])([2H])Nc1cc2c(cn1)nc(C(C)O)n2C1CCC(CC#N)CC1. The van der Waals surface area contributed by atoms with Crippen LogP contribution in [0.15, 0.2) is 12.3 Å². The molecule has 2 N–H and O–H groups in total. The minimum Gasteiger partial charge on any atom is -0.385 e. The van der Waals surface area contributed by atoms with Crippen LogP contribution in [0.3, 0.4) is 0 Å². The van der Waals surface area contributed by atoms with Crippen LogP contribution < -0.4 is 5.32 Å². The lowest BCUT2D eigenvalue weighted by Crippen LogP contribution is -2.20. The first kappa shape index (κ1) is 12.3. The van der Waals surface area contributed by atoms with Crippen LogP contribution in [0.2, 0.25) is 0 Å². The third-order valence-electron chi connectivity index (χ3n) is 4.67. The number of imidazole rings is 1. The molecule has 3 rings (SSSR count). The van der Waals surface area contributed by atoms with E-state index < -0.39 is 13.1 Å². The van der Waals surface area contributed by atoms with Crippen molar-refractivity contribution in [2.45, 2.75) is 51.2 Å². The predicted molar refractivity (Wildman–Crippen MR) is 88.9 cm³/mol. The zero-order valence-electron chi connectivity index (χ0n) is 16.2. The van der Waals surface area contributed by atoms with Crippen molar-refractivity contribution in [2.24, 2.45) is 5.92 Å². The van der Waals surface area contributed by atoms with Crippen LogP contribution in [0.4, 0.5) is 5.82 Å². The van der Waals surface area contributed by atoms with Gasteiger partial charge in [-0.25, -0.2) is 9.97 Å². The highest BCUT2D eigenvalue weighted by Gasteiger charge is 2.27. The normalized spacial score (nSPS) is 25.2. The molecule has 1 unspecified atom stereocenters. The molecule has 0 saturated heterocycles. The molecule has 0 aromatic carbocycles. The summed E-state index contributed by atoms with van der Waals surface area (Å²) in [4.78, 5) is 8.63. The zero-order chi connectivity index (χ0) is 18.9. The van der Waals surface area contributed by atoms with Gasteiger partial charge in [-0.1, -0.05) is 0 Å². The first-order valence-electron chi connectivity index (χ1n) is 9.49. The molecule has 23 heavy (non-hydrogen) atoms. The quantitative estimate of drug-likeness (QED) is 0.904. The van der Waals surface area contributed by atoms with E-state index in [1.807, 2.05) is 4.57 Å². The standard InChI is InChI=1S/C17H23N5O/c1-11(23)17-21-14-10-20-16(19-2)9-15(14)22(17)13-5-3-12(4-6-13)7-8-18/h9-13,23H,3-7H2,1-2H3,(H,19,20)/i2D3. The van der Waals surface area contributed by atoms with Crippen molar-refractivity contribution in [1.29, 1.82) is 5.26 Å². The van der Waals surface area contributed by atoms with Gasteiger partial charge in [0.05, 0.1) is 17.8 Å². The van der Waals surface area contributed by atoms with Crippen molar-refractivity contribution in [3.8, 4) is 6.07 Å². The lowest BCUT2D eigenvalue weighted by molar-refractivity contribution is 0.175. The number of pyridine rings is 1. The third-order valence-corrected chi connectivity index (χ3v) is 4.67. The molecule has 122 valence electrons. The van der Waals surface area contributed by atoms with Crippen molar-refractivity contribution in [1.82, 2.24) is 14.5 Å². The van der Waals surface area contributed by atoms with Gasteiger partial charge in [-0.05, 0) is 38.5 Å². The summed E-state index contributed by atoms with van der Waals surface area (Å²) < 4.78 is 24.1. The molecule has 2 heterocycles. The lowest BCUT2D eigenvalue weighted by Gasteiger charge is -2.30. The summed E-state index contributed by atoms with van der Waals surface area (Å²) in [5, 5.41) is 21.5. The van der Waals surface area contributed by atoms with E-state index >= 15 is 0 Å². The van der Waals surface area contributed by atoms with Crippen molar-refractivity contribution in [2.75, 3.05) is 12.3 Å². The maximum absolute atomic E-state index is 10.2. The summed E-state index contributed by atoms with van der Waals surface area (Å²) in [7, 11) is 0. The summed E-state index contributed by atoms with van der Waals surface area (Å²) in [6.45, 7) is -0.651. The van der Waals surface area contributed by atoms with E-state index in [0.29, 0.717) is 23.7 Å². The van der Waals surface area contributed by atoms with Gasteiger partial charge in [-0.3, -0.25) is 0 Å². The second-order valence-electron chi connectivity index (χ2n) is 6.24. The van der Waals surface area contributed by atoms with Crippen LogP contribution in [0, 0.1) is 17.2 Å². The number of aliphatic hydroxyl groups is 1. The van der Waals surface area contributed by atoms with Crippen molar-refractivity contribution in [3.63, 3.8) is 0 Å². The molecule has 0 amide bonds. The molecule has 0 spiro atoms. The van der Waals surface area contributed by atoms with E-state index in [1.165, 1.54) is 6.20 Å². The highest BCUT2D eigenvalue weighted by atomic mass is 16.3. The molecule has 1 fully saturated rings. The Hall–Kier alpha value is -2.13. The number of hydrogen-bond donors (Lipinski definition) is 2. The Morgan fingerprint density at radius 2 is 2.30 bits per heavy atom. The fourth-order valence-corrected chi connectivity index (χ4v) is 3.50. The first-order valence-corrected chi connectivity index (χ1v) is 7.99. The number of fused-ring (bicyclic) bond motifs is 1. The van der Waals surface area contributed by atoms with E-state index in [2.05, 4.69) is 21.4 Å². The molecule has 1 aliphatic rings. The molecule has 0 bridgehead atoms. The molecular formula is C17H23N5O. The average Bonchev–Trinajstić information content (AvgIpc) is 2.93. The number of hydrogen-bond acceptors (Lipinski definition) is 5. The Bertz CT molecular complexity index is 816. The number of nitriles is 1. The van der Waals surface area contributed by atoms with Crippen LogP contribution in [0.1, 0.15) is 61.1 Å². The van der Waals surface area contributed by atoms with Crippen LogP contribution in [-0.2, 0) is 0 Å². The van der Waals surface area contributed by atoms with E-state index in [1.54, 1.807) is 13.0 Å². The van der Waals surface area contributed by atoms with Gasteiger partial charge < -0.3 is 15.0 Å². The van der Waals surface area contributed by atoms with Gasteiger partial charge in [-0.15, -0.1) is 0 Å². The number of anilines is 1. The monoisotopic (exact) mass is 316 g/mol. The number of aromatic nitrogens is 3. The predicted octanol–water partition coefficient (Wildman–Crippen LogP) is 3.17. The van der Waals surface area contributed by atoms with Gasteiger partial charge in [-0.2, -0.15) is 5.26 Å². The second kappa shape index (κ2) is 6.55. The summed E-state index contributed by atoms with van der Waals surface area (Å²) in [5.41, 5.74) is 1.41. The number of nitrogens with one attached hydrogen (secondary N) is 1. The minimum absolute atomic E-state index is 0.169. The van der Waals surface area contributed by atoms with E-state index in [4.69, 9.17) is 9.37 Å². The summed E-state index contributed by atoms with van der Waals surface area (Å²) in [6.07, 6.45) is 5.11. The molecule has 1 aliphatic carbocycles. The molecule has 0 radical (unpaired) electrons. The average molecular weight is 316 g/mol. The molecule has 1 saturated carbocycles. The summed E-state index contributed by atoms with van der Waals surface area (Å²) in [6, 6.07) is 4.10. The fourth-order valence-electron chi connectivity index (χ4n) is 3.50. The van der Waals surface area contributed by atoms with Gasteiger partial charge >= 0.3 is 0 Å². The van der Waals surface area contributed by atoms with Gasteiger partial charge in [0.2, 0.25) is 0 Å². The van der Waals surface area contributed by atoms with E-state index in [9.17, 15) is 5.11 Å². The lowest BCUT2D eigenvalue weighted by atomic mass is 9.84. The minimum atomic E-state index is -2.33. The molecule has 2 aromatic heterocycles.